The highest BCUT2D eigenvalue weighted by atomic mass is 32.2. The van der Waals surface area contributed by atoms with Crippen LogP contribution in [0.2, 0.25) is 0 Å². The molecule has 1 rings (SSSR count). The highest BCUT2D eigenvalue weighted by Crippen LogP contribution is 2.05. The summed E-state index contributed by atoms with van der Waals surface area (Å²) in [6.07, 6.45) is 0. The summed E-state index contributed by atoms with van der Waals surface area (Å²) in [4.78, 5) is 0. The van der Waals surface area contributed by atoms with E-state index in [2.05, 4.69) is 10.0 Å². The number of hydrogen-bond donors (Lipinski definition) is 2. The van der Waals surface area contributed by atoms with Crippen LogP contribution in [0.15, 0.2) is 30.3 Å². The Hall–Kier alpha value is -0.950. The van der Waals surface area contributed by atoms with Crippen LogP contribution < -0.4 is 10.0 Å². The zero-order chi connectivity index (χ0) is 13.4. The molecule has 0 amide bonds. The van der Waals surface area contributed by atoms with E-state index in [4.69, 9.17) is 0 Å². The molecule has 0 unspecified atom stereocenters. The van der Waals surface area contributed by atoms with Crippen LogP contribution in [0, 0.1) is 0 Å². The molecule has 0 fully saturated rings. The molecule has 1 aromatic carbocycles. The van der Waals surface area contributed by atoms with E-state index in [0.29, 0.717) is 19.6 Å². The lowest BCUT2D eigenvalue weighted by molar-refractivity contribution is 0.454. The van der Waals surface area contributed by atoms with Gasteiger partial charge in [-0.15, -0.1) is 0 Å². The predicted octanol–water partition coefficient (Wildman–Crippen LogP) is 0.562. The van der Waals surface area contributed by atoms with Gasteiger partial charge in [0.25, 0.3) is 10.2 Å². The average molecular weight is 271 g/mol. The van der Waals surface area contributed by atoms with Gasteiger partial charge >= 0.3 is 0 Å². The largest absolute Gasteiger partial charge is 0.316 e. The van der Waals surface area contributed by atoms with Crippen molar-refractivity contribution in [1.29, 1.82) is 0 Å². The van der Waals surface area contributed by atoms with Crippen molar-refractivity contribution in [2.24, 2.45) is 0 Å². The minimum Gasteiger partial charge on any atom is -0.316 e. The van der Waals surface area contributed by atoms with E-state index in [-0.39, 0.29) is 0 Å². The number of hydrogen-bond acceptors (Lipinski definition) is 3. The standard InChI is InChI=1S/C12H21N3O2S/c1-3-13-9-10-14-18(16,17)15(2)11-12-7-5-4-6-8-12/h4-8,13-14H,3,9-11H2,1-2H3. The molecule has 0 spiro atoms. The first-order chi connectivity index (χ1) is 8.56. The summed E-state index contributed by atoms with van der Waals surface area (Å²) in [7, 11) is -1.82. The molecule has 0 radical (unpaired) electrons. The molecule has 0 saturated carbocycles. The normalized spacial score (nSPS) is 11.9. The molecule has 0 aromatic heterocycles. The summed E-state index contributed by atoms with van der Waals surface area (Å²) < 4.78 is 27.6. The third-order valence-corrected chi connectivity index (χ3v) is 4.01. The fourth-order valence-corrected chi connectivity index (χ4v) is 2.38. The van der Waals surface area contributed by atoms with Crippen molar-refractivity contribution < 1.29 is 8.42 Å². The molecule has 0 heterocycles. The molecule has 0 aliphatic carbocycles. The molecule has 0 bridgehead atoms. The highest BCUT2D eigenvalue weighted by Gasteiger charge is 2.16. The summed E-state index contributed by atoms with van der Waals surface area (Å²) in [5, 5.41) is 3.06. The lowest BCUT2D eigenvalue weighted by Crippen LogP contribution is -2.40. The van der Waals surface area contributed by atoms with Crippen LogP contribution in [-0.2, 0) is 16.8 Å². The van der Waals surface area contributed by atoms with E-state index in [1.807, 2.05) is 37.3 Å². The monoisotopic (exact) mass is 271 g/mol. The van der Waals surface area contributed by atoms with Crippen LogP contribution in [-0.4, -0.2) is 39.4 Å². The lowest BCUT2D eigenvalue weighted by Gasteiger charge is -2.17. The van der Waals surface area contributed by atoms with Gasteiger partial charge in [-0.3, -0.25) is 0 Å². The van der Waals surface area contributed by atoms with Crippen LogP contribution in [0.3, 0.4) is 0 Å². The summed E-state index contributed by atoms with van der Waals surface area (Å²) >= 11 is 0. The second kappa shape index (κ2) is 7.48. The Balaban J connectivity index is 2.46. The summed E-state index contributed by atoms with van der Waals surface area (Å²) in [5.74, 6) is 0. The minimum absolute atomic E-state index is 0.372. The average Bonchev–Trinajstić information content (AvgIpc) is 2.36. The zero-order valence-corrected chi connectivity index (χ0v) is 11.7. The quantitative estimate of drug-likeness (QED) is 0.679. The van der Waals surface area contributed by atoms with Crippen LogP contribution in [0.1, 0.15) is 12.5 Å². The van der Waals surface area contributed by atoms with Crippen LogP contribution in [0.4, 0.5) is 0 Å². The number of nitrogens with zero attached hydrogens (tertiary/aromatic N) is 1. The summed E-state index contributed by atoms with van der Waals surface area (Å²) in [6, 6.07) is 9.52. The van der Waals surface area contributed by atoms with Gasteiger partial charge in [-0.05, 0) is 12.1 Å². The van der Waals surface area contributed by atoms with Crippen molar-refractivity contribution in [2.75, 3.05) is 26.7 Å². The summed E-state index contributed by atoms with van der Waals surface area (Å²) in [6.45, 7) is 4.22. The number of benzene rings is 1. The maximum Gasteiger partial charge on any atom is 0.279 e. The van der Waals surface area contributed by atoms with Gasteiger partial charge in [0.05, 0.1) is 0 Å². The molecule has 18 heavy (non-hydrogen) atoms. The van der Waals surface area contributed by atoms with E-state index in [9.17, 15) is 8.42 Å². The molecule has 5 nitrogen and oxygen atoms in total. The maximum atomic E-state index is 11.9. The fourth-order valence-electron chi connectivity index (χ4n) is 1.48. The first kappa shape index (κ1) is 15.1. The van der Waals surface area contributed by atoms with Crippen LogP contribution >= 0.6 is 0 Å². The SMILES string of the molecule is CCNCCNS(=O)(=O)N(C)Cc1ccccc1. The number of likely N-dealkylation sites (N-methyl/N-ethyl adjacent to an activating group) is 1. The van der Waals surface area contributed by atoms with E-state index in [0.717, 1.165) is 12.1 Å². The Bertz CT molecular complexity index is 434. The molecule has 102 valence electrons. The Morgan fingerprint density at radius 1 is 1.17 bits per heavy atom. The van der Waals surface area contributed by atoms with Gasteiger partial charge < -0.3 is 5.32 Å². The number of nitrogens with one attached hydrogen (secondary N) is 2. The van der Waals surface area contributed by atoms with E-state index in [1.54, 1.807) is 7.05 Å². The van der Waals surface area contributed by atoms with Crippen molar-refractivity contribution >= 4 is 10.2 Å². The Morgan fingerprint density at radius 2 is 1.83 bits per heavy atom. The van der Waals surface area contributed by atoms with Crippen molar-refractivity contribution in [1.82, 2.24) is 14.3 Å². The van der Waals surface area contributed by atoms with Gasteiger partial charge in [0.15, 0.2) is 0 Å². The zero-order valence-electron chi connectivity index (χ0n) is 10.9. The molecule has 6 heteroatoms. The Labute approximate surface area is 109 Å². The first-order valence-corrected chi connectivity index (χ1v) is 7.46. The lowest BCUT2D eigenvalue weighted by atomic mass is 10.2. The third kappa shape index (κ3) is 5.14. The van der Waals surface area contributed by atoms with Crippen molar-refractivity contribution in [3.05, 3.63) is 35.9 Å². The smallest absolute Gasteiger partial charge is 0.279 e. The van der Waals surface area contributed by atoms with Gasteiger partial charge in [-0.1, -0.05) is 37.3 Å². The van der Waals surface area contributed by atoms with Gasteiger partial charge in [0.2, 0.25) is 0 Å². The fraction of sp³-hybridized carbons (Fsp3) is 0.500. The van der Waals surface area contributed by atoms with E-state index >= 15 is 0 Å². The van der Waals surface area contributed by atoms with Gasteiger partial charge in [-0.2, -0.15) is 12.7 Å². The van der Waals surface area contributed by atoms with Crippen molar-refractivity contribution in [3.63, 3.8) is 0 Å². The van der Waals surface area contributed by atoms with Crippen molar-refractivity contribution in [2.45, 2.75) is 13.5 Å². The van der Waals surface area contributed by atoms with E-state index in [1.165, 1.54) is 4.31 Å². The van der Waals surface area contributed by atoms with Gasteiger partial charge in [0, 0.05) is 26.7 Å². The van der Waals surface area contributed by atoms with Crippen LogP contribution in [0.5, 0.6) is 0 Å². The molecular formula is C12H21N3O2S. The molecule has 2 N–H and O–H groups in total. The molecule has 0 aliphatic rings. The maximum absolute atomic E-state index is 11.9. The molecule has 0 aliphatic heterocycles. The molecule has 0 atom stereocenters. The summed E-state index contributed by atoms with van der Waals surface area (Å²) in [5.41, 5.74) is 0.969. The first-order valence-electron chi connectivity index (χ1n) is 6.02. The predicted molar refractivity (Wildman–Crippen MR) is 73.4 cm³/mol. The number of rotatable bonds is 8. The van der Waals surface area contributed by atoms with Gasteiger partial charge in [-0.25, -0.2) is 4.72 Å². The molecular weight excluding hydrogens is 250 g/mol. The van der Waals surface area contributed by atoms with Gasteiger partial charge in [0.1, 0.15) is 0 Å². The Kier molecular flexibility index (Phi) is 6.28. The second-order valence-electron chi connectivity index (χ2n) is 3.99. The van der Waals surface area contributed by atoms with E-state index < -0.39 is 10.2 Å². The molecule has 1 aromatic rings. The topological polar surface area (TPSA) is 61.4 Å². The minimum atomic E-state index is -3.40. The second-order valence-corrected chi connectivity index (χ2v) is 5.86. The highest BCUT2D eigenvalue weighted by molar-refractivity contribution is 7.87. The Morgan fingerprint density at radius 3 is 2.44 bits per heavy atom. The third-order valence-electron chi connectivity index (χ3n) is 2.49. The van der Waals surface area contributed by atoms with Crippen molar-refractivity contribution in [3.8, 4) is 0 Å². The van der Waals surface area contributed by atoms with Crippen LogP contribution in [0.25, 0.3) is 0 Å². The molecule has 0 saturated heterocycles.